The summed E-state index contributed by atoms with van der Waals surface area (Å²) in [7, 11) is 0. The van der Waals surface area contributed by atoms with Gasteiger partial charge in [-0.05, 0) is 12.5 Å². The summed E-state index contributed by atoms with van der Waals surface area (Å²) in [4.78, 5) is 16.2. The highest BCUT2D eigenvalue weighted by Gasteiger charge is 2.19. The third-order valence-corrected chi connectivity index (χ3v) is 3.59. The van der Waals surface area contributed by atoms with Gasteiger partial charge in [0.25, 0.3) is 5.91 Å². The number of halogens is 1. The third-order valence-electron chi connectivity index (χ3n) is 3.59. The van der Waals surface area contributed by atoms with Crippen LogP contribution in [0.1, 0.15) is 43.7 Å². The second-order valence-electron chi connectivity index (χ2n) is 5.70. The lowest BCUT2D eigenvalue weighted by Gasteiger charge is -2.13. The van der Waals surface area contributed by atoms with Crippen LogP contribution in [0.25, 0.3) is 0 Å². The first-order chi connectivity index (χ1) is 11.0. The van der Waals surface area contributed by atoms with Gasteiger partial charge < -0.3 is 15.0 Å². The number of nitrogens with zero attached hydrogens (tertiary/aromatic N) is 2. The molecule has 23 heavy (non-hydrogen) atoms. The SMILES string of the molecule is CC(C)c1nccn1CCCNC(=O)[C@@H](O)c1ccccc1F. The zero-order chi connectivity index (χ0) is 16.8. The average Bonchev–Trinajstić information content (AvgIpc) is 3.00. The van der Waals surface area contributed by atoms with E-state index < -0.39 is 17.8 Å². The van der Waals surface area contributed by atoms with Crippen LogP contribution in [0.3, 0.4) is 0 Å². The Morgan fingerprint density at radius 3 is 2.83 bits per heavy atom. The van der Waals surface area contributed by atoms with E-state index in [1.165, 1.54) is 18.2 Å². The molecule has 0 spiro atoms. The molecule has 0 saturated heterocycles. The van der Waals surface area contributed by atoms with Gasteiger partial charge in [0.1, 0.15) is 11.6 Å². The molecule has 0 unspecified atom stereocenters. The van der Waals surface area contributed by atoms with E-state index in [4.69, 9.17) is 0 Å². The minimum absolute atomic E-state index is 0.0123. The van der Waals surface area contributed by atoms with Crippen molar-refractivity contribution in [2.45, 2.75) is 38.8 Å². The number of aliphatic hydroxyl groups excluding tert-OH is 1. The Bertz CT molecular complexity index is 655. The maximum atomic E-state index is 13.5. The van der Waals surface area contributed by atoms with Crippen LogP contribution >= 0.6 is 0 Å². The summed E-state index contributed by atoms with van der Waals surface area (Å²) < 4.78 is 15.6. The lowest BCUT2D eigenvalue weighted by atomic mass is 10.1. The molecule has 0 radical (unpaired) electrons. The number of aliphatic hydroxyl groups is 1. The largest absolute Gasteiger partial charge is 0.378 e. The van der Waals surface area contributed by atoms with Gasteiger partial charge in [0.15, 0.2) is 6.10 Å². The van der Waals surface area contributed by atoms with Crippen LogP contribution in [0.2, 0.25) is 0 Å². The predicted octanol–water partition coefficient (Wildman–Crippen LogP) is 2.39. The molecule has 5 nitrogen and oxygen atoms in total. The fraction of sp³-hybridized carbons (Fsp3) is 0.412. The topological polar surface area (TPSA) is 67.2 Å². The Hall–Kier alpha value is -2.21. The Morgan fingerprint density at radius 1 is 1.39 bits per heavy atom. The zero-order valence-electron chi connectivity index (χ0n) is 13.4. The summed E-state index contributed by atoms with van der Waals surface area (Å²) in [6.45, 7) is 5.28. The molecule has 124 valence electrons. The fourth-order valence-corrected chi connectivity index (χ4v) is 2.41. The monoisotopic (exact) mass is 319 g/mol. The predicted molar refractivity (Wildman–Crippen MR) is 85.3 cm³/mol. The van der Waals surface area contributed by atoms with Crippen LogP contribution in [0.4, 0.5) is 4.39 Å². The molecular weight excluding hydrogens is 297 g/mol. The second kappa shape index (κ2) is 7.87. The van der Waals surface area contributed by atoms with Crippen molar-refractivity contribution >= 4 is 5.91 Å². The van der Waals surface area contributed by atoms with E-state index >= 15 is 0 Å². The number of aryl methyl sites for hydroxylation is 1. The Balaban J connectivity index is 1.81. The standard InChI is InChI=1S/C17H22FN3O2/c1-12(2)16-19-9-11-21(16)10-5-8-20-17(23)15(22)13-6-3-4-7-14(13)18/h3-4,6-7,9,11-12,15,22H,5,8,10H2,1-2H3,(H,20,23)/t15-/m0/s1. The summed E-state index contributed by atoms with van der Waals surface area (Å²) in [5.74, 6) is 0.158. The maximum Gasteiger partial charge on any atom is 0.253 e. The number of carbonyl (C=O) groups excluding carboxylic acids is 1. The van der Waals surface area contributed by atoms with Gasteiger partial charge in [-0.1, -0.05) is 32.0 Å². The first kappa shape index (κ1) is 17.1. The van der Waals surface area contributed by atoms with E-state index in [0.717, 1.165) is 12.4 Å². The normalized spacial score (nSPS) is 12.4. The summed E-state index contributed by atoms with van der Waals surface area (Å²) >= 11 is 0. The average molecular weight is 319 g/mol. The van der Waals surface area contributed by atoms with Crippen molar-refractivity contribution in [3.8, 4) is 0 Å². The third kappa shape index (κ3) is 4.39. The highest BCUT2D eigenvalue weighted by atomic mass is 19.1. The molecule has 0 bridgehead atoms. The summed E-state index contributed by atoms with van der Waals surface area (Å²) in [5.41, 5.74) is -0.0123. The summed E-state index contributed by atoms with van der Waals surface area (Å²) in [5, 5.41) is 12.5. The van der Waals surface area contributed by atoms with Gasteiger partial charge in [-0.25, -0.2) is 9.37 Å². The van der Waals surface area contributed by atoms with Crippen LogP contribution in [0, 0.1) is 5.82 Å². The zero-order valence-corrected chi connectivity index (χ0v) is 13.4. The van der Waals surface area contributed by atoms with Crippen molar-refractivity contribution < 1.29 is 14.3 Å². The van der Waals surface area contributed by atoms with E-state index in [9.17, 15) is 14.3 Å². The van der Waals surface area contributed by atoms with Crippen LogP contribution in [0.5, 0.6) is 0 Å². The molecule has 0 fully saturated rings. The highest BCUT2D eigenvalue weighted by Crippen LogP contribution is 2.16. The molecule has 0 aliphatic heterocycles. The van der Waals surface area contributed by atoms with Crippen molar-refractivity contribution in [3.05, 3.63) is 53.9 Å². The van der Waals surface area contributed by atoms with Gasteiger partial charge in [-0.2, -0.15) is 0 Å². The molecule has 2 N–H and O–H groups in total. The van der Waals surface area contributed by atoms with Gasteiger partial charge in [0.2, 0.25) is 0 Å². The van der Waals surface area contributed by atoms with Crippen molar-refractivity contribution in [2.75, 3.05) is 6.54 Å². The summed E-state index contributed by atoms with van der Waals surface area (Å²) in [6, 6.07) is 5.72. The number of carbonyl (C=O) groups is 1. The lowest BCUT2D eigenvalue weighted by molar-refractivity contribution is -0.129. The van der Waals surface area contributed by atoms with E-state index in [2.05, 4.69) is 24.1 Å². The number of amides is 1. The van der Waals surface area contributed by atoms with Crippen LogP contribution in [0.15, 0.2) is 36.7 Å². The van der Waals surface area contributed by atoms with Gasteiger partial charge in [-0.3, -0.25) is 4.79 Å². The van der Waals surface area contributed by atoms with Crippen LogP contribution in [-0.4, -0.2) is 27.1 Å². The molecule has 1 atom stereocenters. The molecular formula is C17H22FN3O2. The first-order valence-electron chi connectivity index (χ1n) is 7.72. The molecule has 1 aromatic carbocycles. The number of imidazole rings is 1. The van der Waals surface area contributed by atoms with Crippen molar-refractivity contribution in [3.63, 3.8) is 0 Å². The molecule has 0 aliphatic carbocycles. The fourth-order valence-electron chi connectivity index (χ4n) is 2.41. The van der Waals surface area contributed by atoms with Gasteiger partial charge in [-0.15, -0.1) is 0 Å². The maximum absolute atomic E-state index is 13.5. The van der Waals surface area contributed by atoms with E-state index in [1.807, 2.05) is 10.8 Å². The lowest BCUT2D eigenvalue weighted by Crippen LogP contribution is -2.31. The number of aromatic nitrogens is 2. The van der Waals surface area contributed by atoms with Gasteiger partial charge in [0.05, 0.1) is 0 Å². The smallest absolute Gasteiger partial charge is 0.253 e. The number of rotatable bonds is 7. The van der Waals surface area contributed by atoms with E-state index in [-0.39, 0.29) is 5.56 Å². The van der Waals surface area contributed by atoms with Gasteiger partial charge in [0, 0.05) is 37.0 Å². The molecule has 2 aromatic rings. The second-order valence-corrected chi connectivity index (χ2v) is 5.70. The quantitative estimate of drug-likeness (QED) is 0.770. The van der Waals surface area contributed by atoms with Crippen molar-refractivity contribution in [1.29, 1.82) is 0 Å². The van der Waals surface area contributed by atoms with Crippen molar-refractivity contribution in [2.24, 2.45) is 0 Å². The summed E-state index contributed by atoms with van der Waals surface area (Å²) in [6.07, 6.45) is 2.88. The number of hydrogen-bond acceptors (Lipinski definition) is 3. The Morgan fingerprint density at radius 2 is 2.13 bits per heavy atom. The minimum Gasteiger partial charge on any atom is -0.378 e. The molecule has 1 amide bonds. The highest BCUT2D eigenvalue weighted by molar-refractivity contribution is 5.81. The molecule has 0 aliphatic rings. The Labute approximate surface area is 135 Å². The van der Waals surface area contributed by atoms with Gasteiger partial charge >= 0.3 is 0 Å². The van der Waals surface area contributed by atoms with Crippen LogP contribution in [-0.2, 0) is 11.3 Å². The van der Waals surface area contributed by atoms with Crippen molar-refractivity contribution in [1.82, 2.24) is 14.9 Å². The van der Waals surface area contributed by atoms with E-state index in [0.29, 0.717) is 18.9 Å². The first-order valence-corrected chi connectivity index (χ1v) is 7.72. The molecule has 6 heteroatoms. The molecule has 0 saturated carbocycles. The number of benzene rings is 1. The molecule has 2 rings (SSSR count). The number of hydrogen-bond donors (Lipinski definition) is 2. The van der Waals surface area contributed by atoms with E-state index in [1.54, 1.807) is 12.3 Å². The van der Waals surface area contributed by atoms with Crippen LogP contribution < -0.4 is 5.32 Å². The minimum atomic E-state index is -1.49. The Kier molecular flexibility index (Phi) is 5.87. The number of nitrogens with one attached hydrogen (secondary N) is 1. The molecule has 1 heterocycles. The molecule has 1 aromatic heterocycles.